The van der Waals surface area contributed by atoms with Crippen molar-refractivity contribution in [2.75, 3.05) is 4.90 Å². The molecule has 0 saturated heterocycles. The number of nitrogens with zero attached hydrogens (tertiary/aromatic N) is 4. The summed E-state index contributed by atoms with van der Waals surface area (Å²) in [5, 5.41) is 17.6. The topological polar surface area (TPSA) is 116 Å². The van der Waals surface area contributed by atoms with E-state index in [1.807, 2.05) is 6.07 Å². The summed E-state index contributed by atoms with van der Waals surface area (Å²) in [4.78, 5) is 31.1. The number of aliphatic carboxylic acids is 1. The summed E-state index contributed by atoms with van der Waals surface area (Å²) >= 11 is 0. The zero-order valence-corrected chi connectivity index (χ0v) is 14.8. The predicted octanol–water partition coefficient (Wildman–Crippen LogP) is 2.82. The Kier molecular flexibility index (Phi) is 5.75. The molecule has 0 radical (unpaired) electrons. The predicted molar refractivity (Wildman–Crippen MR) is 98.7 cm³/mol. The van der Waals surface area contributed by atoms with Crippen molar-refractivity contribution in [3.05, 3.63) is 77.9 Å². The molecule has 0 saturated carbocycles. The highest BCUT2D eigenvalue weighted by atomic mass is 19.1. The third-order valence-electron chi connectivity index (χ3n) is 3.82. The summed E-state index contributed by atoms with van der Waals surface area (Å²) in [7, 11) is 0. The van der Waals surface area contributed by atoms with Crippen molar-refractivity contribution >= 4 is 23.3 Å². The molecule has 8 nitrogen and oxygen atoms in total. The Morgan fingerprint density at radius 1 is 1.10 bits per heavy atom. The molecule has 0 unspecified atom stereocenters. The molecule has 1 aromatic heterocycles. The zero-order chi connectivity index (χ0) is 20.8. The molecule has 2 aromatic carbocycles. The van der Waals surface area contributed by atoms with Crippen molar-refractivity contribution in [2.45, 2.75) is 6.54 Å². The molecular weight excluding hydrogens is 379 g/mol. The lowest BCUT2D eigenvalue weighted by molar-refractivity contribution is -0.158. The Morgan fingerprint density at radius 2 is 1.79 bits per heavy atom. The standard InChI is InChI=1S/C20H13FN4O4/c21-15-3-1-2-14(8-15)12-25(16-6-4-13(9-22)5-7-16)17-10-23-20(24-11-17)29-19(28)18(26)27/h1-8,10-11H,12H2,(H,26,27). The molecular formula is C20H13FN4O4. The van der Waals surface area contributed by atoms with Gasteiger partial charge >= 0.3 is 17.9 Å². The van der Waals surface area contributed by atoms with Gasteiger partial charge in [0.2, 0.25) is 0 Å². The van der Waals surface area contributed by atoms with Gasteiger partial charge in [-0.3, -0.25) is 0 Å². The van der Waals surface area contributed by atoms with Crippen molar-refractivity contribution in [1.29, 1.82) is 5.26 Å². The number of aromatic nitrogens is 2. The van der Waals surface area contributed by atoms with E-state index in [1.165, 1.54) is 24.5 Å². The summed E-state index contributed by atoms with van der Waals surface area (Å²) in [6.45, 7) is 0.265. The van der Waals surface area contributed by atoms with E-state index < -0.39 is 17.9 Å². The van der Waals surface area contributed by atoms with E-state index in [4.69, 9.17) is 10.4 Å². The number of carboxylic acid groups (broad SMARTS) is 1. The summed E-state index contributed by atoms with van der Waals surface area (Å²) in [6.07, 6.45) is 2.68. The van der Waals surface area contributed by atoms with Gasteiger partial charge in [-0.2, -0.15) is 5.26 Å². The summed E-state index contributed by atoms with van der Waals surface area (Å²) in [5.74, 6) is -3.64. The molecule has 3 rings (SSSR count). The van der Waals surface area contributed by atoms with E-state index in [0.29, 0.717) is 22.5 Å². The molecule has 0 spiro atoms. The minimum atomic E-state index is -1.76. The number of anilines is 2. The minimum absolute atomic E-state index is 0.265. The molecule has 0 fully saturated rings. The van der Waals surface area contributed by atoms with Crippen molar-refractivity contribution in [2.24, 2.45) is 0 Å². The van der Waals surface area contributed by atoms with Crippen LogP contribution in [0.4, 0.5) is 15.8 Å². The molecule has 0 aliphatic carbocycles. The molecule has 1 N–H and O–H groups in total. The quantitative estimate of drug-likeness (QED) is 0.520. The van der Waals surface area contributed by atoms with Crippen molar-refractivity contribution in [1.82, 2.24) is 9.97 Å². The van der Waals surface area contributed by atoms with Gasteiger partial charge in [-0.1, -0.05) is 12.1 Å². The lowest BCUT2D eigenvalue weighted by Crippen LogP contribution is -2.21. The third-order valence-corrected chi connectivity index (χ3v) is 3.82. The average molecular weight is 392 g/mol. The number of rotatable bonds is 5. The normalized spacial score (nSPS) is 10.1. The second-order valence-electron chi connectivity index (χ2n) is 5.79. The van der Waals surface area contributed by atoms with Gasteiger partial charge in [0, 0.05) is 12.2 Å². The highest BCUT2D eigenvalue weighted by Gasteiger charge is 2.17. The van der Waals surface area contributed by atoms with Crippen molar-refractivity contribution in [3.63, 3.8) is 0 Å². The highest BCUT2D eigenvalue weighted by molar-refractivity contribution is 6.29. The maximum Gasteiger partial charge on any atom is 0.425 e. The van der Waals surface area contributed by atoms with E-state index in [1.54, 1.807) is 41.3 Å². The van der Waals surface area contributed by atoms with Crippen LogP contribution in [0.1, 0.15) is 11.1 Å². The van der Waals surface area contributed by atoms with Crippen LogP contribution in [0.2, 0.25) is 0 Å². The van der Waals surface area contributed by atoms with Crippen LogP contribution in [0.3, 0.4) is 0 Å². The maximum absolute atomic E-state index is 13.6. The first kappa shape index (κ1) is 19.4. The number of carbonyl (C=O) groups is 2. The first-order valence-electron chi connectivity index (χ1n) is 8.25. The molecule has 3 aromatic rings. The Labute approximate surface area is 164 Å². The SMILES string of the molecule is N#Cc1ccc(N(Cc2cccc(F)c2)c2cnc(OC(=O)C(=O)O)nc2)cc1. The molecule has 0 atom stereocenters. The number of carboxylic acids is 1. The molecule has 144 valence electrons. The second-order valence-corrected chi connectivity index (χ2v) is 5.79. The van der Waals surface area contributed by atoms with Gasteiger partial charge in [-0.05, 0) is 42.0 Å². The summed E-state index contributed by atoms with van der Waals surface area (Å²) < 4.78 is 18.1. The van der Waals surface area contributed by atoms with E-state index in [0.717, 1.165) is 0 Å². The van der Waals surface area contributed by atoms with Crippen LogP contribution in [0.15, 0.2) is 60.9 Å². The van der Waals surface area contributed by atoms with E-state index in [9.17, 15) is 14.0 Å². The van der Waals surface area contributed by atoms with Crippen LogP contribution >= 0.6 is 0 Å². The third kappa shape index (κ3) is 4.90. The largest absolute Gasteiger partial charge is 0.473 e. The van der Waals surface area contributed by atoms with Crippen LogP contribution in [0.5, 0.6) is 6.01 Å². The van der Waals surface area contributed by atoms with Gasteiger partial charge in [0.15, 0.2) is 0 Å². The maximum atomic E-state index is 13.6. The number of esters is 1. The number of ether oxygens (including phenoxy) is 1. The van der Waals surface area contributed by atoms with Crippen LogP contribution in [-0.2, 0) is 16.1 Å². The smallest absolute Gasteiger partial charge is 0.425 e. The molecule has 1 heterocycles. The van der Waals surface area contributed by atoms with Crippen LogP contribution < -0.4 is 9.64 Å². The van der Waals surface area contributed by atoms with Crippen LogP contribution in [0.25, 0.3) is 0 Å². The molecule has 0 amide bonds. The molecule has 0 bridgehead atoms. The Hall–Kier alpha value is -4.32. The van der Waals surface area contributed by atoms with Gasteiger partial charge in [0.1, 0.15) is 5.82 Å². The Bertz CT molecular complexity index is 1080. The van der Waals surface area contributed by atoms with Crippen LogP contribution in [0, 0.1) is 17.1 Å². The fourth-order valence-electron chi connectivity index (χ4n) is 2.49. The molecule has 0 aliphatic heterocycles. The van der Waals surface area contributed by atoms with Crippen molar-refractivity contribution in [3.8, 4) is 12.1 Å². The van der Waals surface area contributed by atoms with E-state index in [-0.39, 0.29) is 12.4 Å². The second kappa shape index (κ2) is 8.58. The number of carbonyl (C=O) groups excluding carboxylic acids is 1. The molecule has 9 heteroatoms. The lowest BCUT2D eigenvalue weighted by atomic mass is 10.1. The zero-order valence-electron chi connectivity index (χ0n) is 14.8. The molecule has 29 heavy (non-hydrogen) atoms. The first-order valence-corrected chi connectivity index (χ1v) is 8.25. The van der Waals surface area contributed by atoms with Gasteiger partial charge in [0.05, 0.1) is 29.7 Å². The van der Waals surface area contributed by atoms with Crippen LogP contribution in [-0.4, -0.2) is 27.0 Å². The Balaban J connectivity index is 1.92. The lowest BCUT2D eigenvalue weighted by Gasteiger charge is -2.24. The monoisotopic (exact) mass is 392 g/mol. The van der Waals surface area contributed by atoms with Gasteiger partial charge < -0.3 is 14.7 Å². The van der Waals surface area contributed by atoms with Crippen molar-refractivity contribution < 1.29 is 23.8 Å². The fraction of sp³-hybridized carbons (Fsp3) is 0.0500. The molecule has 0 aliphatic rings. The fourth-order valence-corrected chi connectivity index (χ4v) is 2.49. The average Bonchev–Trinajstić information content (AvgIpc) is 2.73. The Morgan fingerprint density at radius 3 is 2.38 bits per heavy atom. The minimum Gasteiger partial charge on any atom is -0.473 e. The first-order chi connectivity index (χ1) is 14.0. The summed E-state index contributed by atoms with van der Waals surface area (Å²) in [6, 6.07) is 14.4. The van der Waals surface area contributed by atoms with E-state index >= 15 is 0 Å². The number of hydrogen-bond acceptors (Lipinski definition) is 7. The van der Waals surface area contributed by atoms with Gasteiger partial charge in [-0.15, -0.1) is 0 Å². The highest BCUT2D eigenvalue weighted by Crippen LogP contribution is 2.27. The summed E-state index contributed by atoms with van der Waals surface area (Å²) in [5.41, 5.74) is 2.32. The number of benzene rings is 2. The number of hydrogen-bond donors (Lipinski definition) is 1. The van der Waals surface area contributed by atoms with Gasteiger partial charge in [0.25, 0.3) is 0 Å². The number of halogens is 1. The van der Waals surface area contributed by atoms with E-state index in [2.05, 4.69) is 14.7 Å². The van der Waals surface area contributed by atoms with Gasteiger partial charge in [-0.25, -0.2) is 23.9 Å². The number of nitriles is 1.